The third-order valence-electron chi connectivity index (χ3n) is 7.57. The van der Waals surface area contributed by atoms with Crippen molar-refractivity contribution in [2.45, 2.75) is 13.0 Å². The largest absolute Gasteiger partial charge is 0.507 e. The number of aliphatic hydroxyl groups is 1. The smallest absolute Gasteiger partial charge is 0.295 e. The Labute approximate surface area is 238 Å². The van der Waals surface area contributed by atoms with Crippen LogP contribution in [-0.4, -0.2) is 97.1 Å². The fourth-order valence-corrected chi connectivity index (χ4v) is 5.41. The molecule has 3 aromatic rings. The molecular formula is C30H34N4O7. The summed E-state index contributed by atoms with van der Waals surface area (Å²) >= 11 is 0. The highest BCUT2D eigenvalue weighted by Gasteiger charge is 2.47. The van der Waals surface area contributed by atoms with E-state index in [0.29, 0.717) is 53.8 Å². The molecule has 0 spiro atoms. The minimum absolute atomic E-state index is 0.0260. The number of carbonyl (C=O) groups is 2. The van der Waals surface area contributed by atoms with Gasteiger partial charge < -0.3 is 29.0 Å². The molecule has 0 saturated carbocycles. The monoisotopic (exact) mass is 562 g/mol. The number of rotatable bonds is 9. The van der Waals surface area contributed by atoms with Crippen LogP contribution in [0.3, 0.4) is 0 Å². The van der Waals surface area contributed by atoms with Gasteiger partial charge in [0.15, 0.2) is 11.5 Å². The molecule has 11 heteroatoms. The fraction of sp³-hybridized carbons (Fsp3) is 0.367. The van der Waals surface area contributed by atoms with Gasteiger partial charge in [-0.25, -0.2) is 4.68 Å². The van der Waals surface area contributed by atoms with Crippen molar-refractivity contribution in [3.63, 3.8) is 0 Å². The zero-order valence-electron chi connectivity index (χ0n) is 23.6. The van der Waals surface area contributed by atoms with Crippen molar-refractivity contribution < 1.29 is 33.6 Å². The lowest BCUT2D eigenvalue weighted by molar-refractivity contribution is -0.140. The Balaban J connectivity index is 1.63. The maximum absolute atomic E-state index is 13.6. The lowest BCUT2D eigenvalue weighted by atomic mass is 9.94. The van der Waals surface area contributed by atoms with Crippen LogP contribution in [0.15, 0.2) is 54.2 Å². The van der Waals surface area contributed by atoms with Crippen LogP contribution in [0.1, 0.15) is 22.9 Å². The maximum atomic E-state index is 13.6. The lowest BCUT2D eigenvalue weighted by Gasteiger charge is -2.31. The summed E-state index contributed by atoms with van der Waals surface area (Å²) in [5, 5.41) is 16.1. The second-order valence-corrected chi connectivity index (χ2v) is 9.80. The second kappa shape index (κ2) is 12.0. The number of likely N-dealkylation sites (tertiary alicyclic amines) is 1. The van der Waals surface area contributed by atoms with Gasteiger partial charge in [-0.1, -0.05) is 18.2 Å². The van der Waals surface area contributed by atoms with Gasteiger partial charge >= 0.3 is 0 Å². The molecule has 1 aromatic heterocycles. The zero-order chi connectivity index (χ0) is 29.1. The van der Waals surface area contributed by atoms with Crippen LogP contribution in [0.4, 0.5) is 0 Å². The standard InChI is InChI=1S/C30H34N4O7/c1-19-22(18-31-34(19)21-8-6-5-7-9-21)27(35)25-26(20-16-23(38-2)29(40-4)24(17-20)39-3)33(30(37)28(25)36)11-10-32-12-14-41-15-13-32/h5-9,16-18,26,35H,10-15H2,1-4H3/b27-25-. The summed E-state index contributed by atoms with van der Waals surface area (Å²) in [5.41, 5.74) is 2.29. The quantitative estimate of drug-likeness (QED) is 0.239. The molecular weight excluding hydrogens is 528 g/mol. The van der Waals surface area contributed by atoms with Crippen molar-refractivity contribution in [1.82, 2.24) is 19.6 Å². The minimum Gasteiger partial charge on any atom is -0.507 e. The average Bonchev–Trinajstić information content (AvgIpc) is 3.52. The SMILES string of the molecule is COc1cc(C2/C(=C(/O)c3cnn(-c4ccccc4)c3C)C(=O)C(=O)N2CCN2CCOCC2)cc(OC)c1OC. The van der Waals surface area contributed by atoms with Gasteiger partial charge in [0.25, 0.3) is 11.7 Å². The number of aliphatic hydroxyl groups excluding tert-OH is 1. The van der Waals surface area contributed by atoms with Gasteiger partial charge in [-0.05, 0) is 36.8 Å². The van der Waals surface area contributed by atoms with Crippen LogP contribution < -0.4 is 14.2 Å². The van der Waals surface area contributed by atoms with Crippen LogP contribution in [0.2, 0.25) is 0 Å². The summed E-state index contributed by atoms with van der Waals surface area (Å²) in [6, 6.07) is 12.0. The molecule has 1 atom stereocenters. The number of aromatic nitrogens is 2. The Morgan fingerprint density at radius 2 is 1.66 bits per heavy atom. The van der Waals surface area contributed by atoms with Crippen molar-refractivity contribution in [2.24, 2.45) is 0 Å². The second-order valence-electron chi connectivity index (χ2n) is 9.80. The third-order valence-corrected chi connectivity index (χ3v) is 7.57. The summed E-state index contributed by atoms with van der Waals surface area (Å²) in [6.07, 6.45) is 1.51. The van der Waals surface area contributed by atoms with E-state index in [4.69, 9.17) is 18.9 Å². The number of carbonyl (C=O) groups excluding carboxylic acids is 2. The number of ether oxygens (including phenoxy) is 4. The topological polar surface area (TPSA) is 116 Å². The Hall–Kier alpha value is -4.35. The molecule has 2 aliphatic rings. The Kier molecular flexibility index (Phi) is 8.27. The molecule has 5 rings (SSSR count). The van der Waals surface area contributed by atoms with E-state index in [-0.39, 0.29) is 17.9 Å². The number of nitrogens with zero attached hydrogens (tertiary/aromatic N) is 4. The molecule has 1 unspecified atom stereocenters. The number of amides is 1. The summed E-state index contributed by atoms with van der Waals surface area (Å²) < 4.78 is 23.8. The molecule has 2 aliphatic heterocycles. The predicted molar refractivity (Wildman–Crippen MR) is 151 cm³/mol. The van der Waals surface area contributed by atoms with Gasteiger partial charge in [-0.2, -0.15) is 5.10 Å². The first kappa shape index (κ1) is 28.2. The fourth-order valence-electron chi connectivity index (χ4n) is 5.41. The highest BCUT2D eigenvalue weighted by molar-refractivity contribution is 6.46. The van der Waals surface area contributed by atoms with E-state index in [1.807, 2.05) is 30.3 Å². The third kappa shape index (κ3) is 5.25. The highest BCUT2D eigenvalue weighted by Crippen LogP contribution is 2.45. The van der Waals surface area contributed by atoms with Crippen molar-refractivity contribution in [2.75, 3.05) is 60.7 Å². The van der Waals surface area contributed by atoms with Crippen LogP contribution in [0.25, 0.3) is 11.4 Å². The molecule has 216 valence electrons. The summed E-state index contributed by atoms with van der Waals surface area (Å²) in [5.74, 6) is -0.635. The molecule has 1 N–H and O–H groups in total. The number of hydrogen-bond donors (Lipinski definition) is 1. The molecule has 0 radical (unpaired) electrons. The van der Waals surface area contributed by atoms with E-state index < -0.39 is 17.7 Å². The number of ketones is 1. The van der Waals surface area contributed by atoms with Crippen LogP contribution in [-0.2, 0) is 14.3 Å². The van der Waals surface area contributed by atoms with Gasteiger partial charge in [-0.3, -0.25) is 14.5 Å². The molecule has 2 fully saturated rings. The molecule has 0 bridgehead atoms. The first-order chi connectivity index (χ1) is 19.9. The van der Waals surface area contributed by atoms with Crippen molar-refractivity contribution in [1.29, 1.82) is 0 Å². The van der Waals surface area contributed by atoms with Crippen LogP contribution >= 0.6 is 0 Å². The lowest BCUT2D eigenvalue weighted by Crippen LogP contribution is -2.42. The molecule has 11 nitrogen and oxygen atoms in total. The summed E-state index contributed by atoms with van der Waals surface area (Å²) in [4.78, 5) is 30.8. The van der Waals surface area contributed by atoms with Crippen LogP contribution in [0.5, 0.6) is 17.2 Å². The predicted octanol–water partition coefficient (Wildman–Crippen LogP) is 2.96. The first-order valence-electron chi connectivity index (χ1n) is 13.4. The molecule has 41 heavy (non-hydrogen) atoms. The van der Waals surface area contributed by atoms with Gasteiger partial charge in [0.2, 0.25) is 5.75 Å². The van der Waals surface area contributed by atoms with E-state index in [2.05, 4.69) is 10.00 Å². The number of benzene rings is 2. The summed E-state index contributed by atoms with van der Waals surface area (Å²) in [6.45, 7) is 5.30. The maximum Gasteiger partial charge on any atom is 0.295 e. The first-order valence-corrected chi connectivity index (χ1v) is 13.4. The van der Waals surface area contributed by atoms with Crippen molar-refractivity contribution >= 4 is 17.4 Å². The minimum atomic E-state index is -0.899. The Morgan fingerprint density at radius 1 is 1.00 bits per heavy atom. The molecule has 0 aliphatic carbocycles. The van der Waals surface area contributed by atoms with Gasteiger partial charge in [0, 0.05) is 26.2 Å². The van der Waals surface area contributed by atoms with E-state index >= 15 is 0 Å². The number of hydrogen-bond acceptors (Lipinski definition) is 9. The number of Topliss-reactive ketones (excluding diaryl/α,β-unsaturated/α-hetero) is 1. The highest BCUT2D eigenvalue weighted by atomic mass is 16.5. The Bertz CT molecular complexity index is 1440. The van der Waals surface area contributed by atoms with E-state index in [1.165, 1.54) is 32.4 Å². The number of morpholine rings is 1. The number of para-hydroxylation sites is 1. The van der Waals surface area contributed by atoms with Crippen molar-refractivity contribution in [3.05, 3.63) is 71.1 Å². The zero-order valence-corrected chi connectivity index (χ0v) is 23.6. The summed E-state index contributed by atoms with van der Waals surface area (Å²) in [7, 11) is 4.50. The van der Waals surface area contributed by atoms with Gasteiger partial charge in [0.1, 0.15) is 5.76 Å². The van der Waals surface area contributed by atoms with Gasteiger partial charge in [0.05, 0.1) is 69.3 Å². The molecule has 1 amide bonds. The number of methoxy groups -OCH3 is 3. The molecule has 2 aromatic carbocycles. The van der Waals surface area contributed by atoms with E-state index in [1.54, 1.807) is 23.7 Å². The van der Waals surface area contributed by atoms with Crippen LogP contribution in [0, 0.1) is 6.92 Å². The Morgan fingerprint density at radius 3 is 2.27 bits per heavy atom. The van der Waals surface area contributed by atoms with E-state index in [9.17, 15) is 14.7 Å². The molecule has 3 heterocycles. The van der Waals surface area contributed by atoms with Crippen molar-refractivity contribution in [3.8, 4) is 22.9 Å². The molecule has 2 saturated heterocycles. The average molecular weight is 563 g/mol. The van der Waals surface area contributed by atoms with Gasteiger partial charge in [-0.15, -0.1) is 0 Å². The van der Waals surface area contributed by atoms with E-state index in [0.717, 1.165) is 18.8 Å². The normalized spacial score (nSPS) is 19.0.